The number of anilines is 1. The lowest BCUT2D eigenvalue weighted by Crippen LogP contribution is -2.54. The molecular weight excluding hydrogens is 324 g/mol. The minimum Gasteiger partial charge on any atom is -0.355 e. The first-order chi connectivity index (χ1) is 12.6. The van der Waals surface area contributed by atoms with Crippen LogP contribution in [0, 0.1) is 29.1 Å². The van der Waals surface area contributed by atoms with E-state index in [-0.39, 0.29) is 23.1 Å². The van der Waals surface area contributed by atoms with Crippen molar-refractivity contribution >= 4 is 17.5 Å². The molecule has 4 bridgehead atoms. The van der Waals surface area contributed by atoms with E-state index in [0.29, 0.717) is 19.5 Å². The Morgan fingerprint density at radius 1 is 1.04 bits per heavy atom. The molecule has 1 N–H and O–H groups in total. The summed E-state index contributed by atoms with van der Waals surface area (Å²) in [6.45, 7) is 1.35. The van der Waals surface area contributed by atoms with E-state index in [4.69, 9.17) is 0 Å². The SMILES string of the molecule is O=C1CC(CNC(=O)C23CC4CC(CC(C4)C2)C3)CN1c1ccccc1. The van der Waals surface area contributed by atoms with Gasteiger partial charge in [-0.1, -0.05) is 18.2 Å². The molecule has 6 rings (SSSR count). The van der Waals surface area contributed by atoms with Gasteiger partial charge in [0.25, 0.3) is 0 Å². The summed E-state index contributed by atoms with van der Waals surface area (Å²) in [5.74, 6) is 3.03. The zero-order valence-corrected chi connectivity index (χ0v) is 15.3. The highest BCUT2D eigenvalue weighted by Gasteiger charge is 2.54. The maximum absolute atomic E-state index is 13.1. The largest absolute Gasteiger partial charge is 0.355 e. The summed E-state index contributed by atoms with van der Waals surface area (Å²) >= 11 is 0. The van der Waals surface area contributed by atoms with Gasteiger partial charge in [-0.3, -0.25) is 9.59 Å². The van der Waals surface area contributed by atoms with E-state index < -0.39 is 0 Å². The number of amides is 2. The number of carbonyl (C=O) groups is 2. The highest BCUT2D eigenvalue weighted by molar-refractivity contribution is 5.95. The van der Waals surface area contributed by atoms with Gasteiger partial charge in [-0.15, -0.1) is 0 Å². The molecule has 4 nitrogen and oxygen atoms in total. The maximum atomic E-state index is 13.1. The molecule has 5 aliphatic rings. The third-order valence-corrected chi connectivity index (χ3v) is 7.34. The molecule has 1 heterocycles. The molecule has 1 aromatic rings. The van der Waals surface area contributed by atoms with E-state index in [1.54, 1.807) is 0 Å². The Morgan fingerprint density at radius 2 is 1.65 bits per heavy atom. The first kappa shape index (κ1) is 16.3. The molecule has 26 heavy (non-hydrogen) atoms. The van der Waals surface area contributed by atoms with Gasteiger partial charge in [0.15, 0.2) is 0 Å². The van der Waals surface area contributed by atoms with Gasteiger partial charge in [0.05, 0.1) is 0 Å². The Hall–Kier alpha value is -1.84. The van der Waals surface area contributed by atoms with Crippen molar-refractivity contribution in [3.8, 4) is 0 Å². The van der Waals surface area contributed by atoms with Gasteiger partial charge in [-0.25, -0.2) is 0 Å². The fraction of sp³-hybridized carbons (Fsp3) is 0.636. The monoisotopic (exact) mass is 352 g/mol. The van der Waals surface area contributed by atoms with Crippen molar-refractivity contribution in [3.63, 3.8) is 0 Å². The predicted molar refractivity (Wildman–Crippen MR) is 101 cm³/mol. The quantitative estimate of drug-likeness (QED) is 0.903. The van der Waals surface area contributed by atoms with Crippen molar-refractivity contribution in [1.29, 1.82) is 0 Å². The normalized spacial score (nSPS) is 38.0. The Kier molecular flexibility index (Phi) is 3.84. The van der Waals surface area contributed by atoms with Crippen LogP contribution in [0.5, 0.6) is 0 Å². The Balaban J connectivity index is 1.21. The van der Waals surface area contributed by atoms with E-state index in [9.17, 15) is 9.59 Å². The minimum atomic E-state index is -0.0868. The van der Waals surface area contributed by atoms with Gasteiger partial charge in [0, 0.05) is 36.5 Å². The van der Waals surface area contributed by atoms with Gasteiger partial charge in [-0.05, 0) is 68.4 Å². The summed E-state index contributed by atoms with van der Waals surface area (Å²) in [5, 5.41) is 3.26. The number of rotatable bonds is 4. The first-order valence-corrected chi connectivity index (χ1v) is 10.2. The number of para-hydroxylation sites is 1. The molecule has 1 aliphatic heterocycles. The molecule has 1 aromatic carbocycles. The van der Waals surface area contributed by atoms with Crippen LogP contribution in [0.15, 0.2) is 30.3 Å². The van der Waals surface area contributed by atoms with E-state index in [2.05, 4.69) is 5.32 Å². The van der Waals surface area contributed by atoms with Gasteiger partial charge in [0.1, 0.15) is 0 Å². The maximum Gasteiger partial charge on any atom is 0.227 e. The zero-order valence-electron chi connectivity index (χ0n) is 15.3. The van der Waals surface area contributed by atoms with Crippen LogP contribution in [0.25, 0.3) is 0 Å². The molecule has 0 radical (unpaired) electrons. The number of benzene rings is 1. The lowest BCUT2D eigenvalue weighted by atomic mass is 9.49. The Labute approximate surface area is 155 Å². The van der Waals surface area contributed by atoms with E-state index in [1.807, 2.05) is 35.2 Å². The van der Waals surface area contributed by atoms with Crippen LogP contribution < -0.4 is 10.2 Å². The molecule has 1 saturated heterocycles. The molecule has 4 saturated carbocycles. The van der Waals surface area contributed by atoms with Crippen molar-refractivity contribution in [3.05, 3.63) is 30.3 Å². The number of carbonyl (C=O) groups excluding carboxylic acids is 2. The van der Waals surface area contributed by atoms with Crippen LogP contribution in [0.1, 0.15) is 44.9 Å². The van der Waals surface area contributed by atoms with Crippen LogP contribution in [-0.2, 0) is 9.59 Å². The van der Waals surface area contributed by atoms with Crippen LogP contribution in [0.3, 0.4) is 0 Å². The second-order valence-corrected chi connectivity index (χ2v) is 9.32. The lowest BCUT2D eigenvalue weighted by molar-refractivity contribution is -0.146. The number of hydrogen-bond acceptors (Lipinski definition) is 2. The van der Waals surface area contributed by atoms with Gasteiger partial charge >= 0.3 is 0 Å². The first-order valence-electron chi connectivity index (χ1n) is 10.2. The third kappa shape index (κ3) is 2.74. The van der Waals surface area contributed by atoms with Crippen molar-refractivity contribution in [1.82, 2.24) is 5.32 Å². The van der Waals surface area contributed by atoms with E-state index >= 15 is 0 Å². The number of nitrogens with zero attached hydrogens (tertiary/aromatic N) is 1. The topological polar surface area (TPSA) is 49.4 Å². The molecular formula is C22H28N2O2. The van der Waals surface area contributed by atoms with Gasteiger partial charge in [-0.2, -0.15) is 0 Å². The molecule has 1 atom stereocenters. The van der Waals surface area contributed by atoms with Crippen LogP contribution >= 0.6 is 0 Å². The van der Waals surface area contributed by atoms with Crippen LogP contribution in [0.4, 0.5) is 5.69 Å². The minimum absolute atomic E-state index is 0.0868. The van der Waals surface area contributed by atoms with Crippen molar-refractivity contribution in [2.45, 2.75) is 44.9 Å². The number of nitrogens with one attached hydrogen (secondary N) is 1. The smallest absolute Gasteiger partial charge is 0.227 e. The molecule has 4 heteroatoms. The highest BCUT2D eigenvalue weighted by atomic mass is 16.2. The van der Waals surface area contributed by atoms with Gasteiger partial charge in [0.2, 0.25) is 11.8 Å². The summed E-state index contributed by atoms with van der Waals surface area (Å²) in [4.78, 5) is 27.3. The molecule has 138 valence electrons. The summed E-state index contributed by atoms with van der Waals surface area (Å²) in [5.41, 5.74) is 0.878. The summed E-state index contributed by atoms with van der Waals surface area (Å²) in [7, 11) is 0. The van der Waals surface area contributed by atoms with Crippen LogP contribution in [0.2, 0.25) is 0 Å². The Bertz CT molecular complexity index is 679. The van der Waals surface area contributed by atoms with Crippen molar-refractivity contribution in [2.75, 3.05) is 18.0 Å². The van der Waals surface area contributed by atoms with E-state index in [1.165, 1.54) is 19.3 Å². The summed E-state index contributed by atoms with van der Waals surface area (Å²) < 4.78 is 0. The highest BCUT2D eigenvalue weighted by Crippen LogP contribution is 2.60. The average molecular weight is 352 g/mol. The summed E-state index contributed by atoms with van der Waals surface area (Å²) in [6.07, 6.45) is 7.91. The molecule has 2 amide bonds. The van der Waals surface area contributed by atoms with Crippen molar-refractivity contribution < 1.29 is 9.59 Å². The van der Waals surface area contributed by atoms with E-state index in [0.717, 1.165) is 42.7 Å². The molecule has 1 unspecified atom stereocenters. The lowest BCUT2D eigenvalue weighted by Gasteiger charge is -2.55. The van der Waals surface area contributed by atoms with Crippen molar-refractivity contribution in [2.24, 2.45) is 29.1 Å². The fourth-order valence-corrected chi connectivity index (χ4v) is 6.59. The third-order valence-electron chi connectivity index (χ3n) is 7.34. The second kappa shape index (κ2) is 6.11. The van der Waals surface area contributed by atoms with Gasteiger partial charge < -0.3 is 10.2 Å². The standard InChI is InChI=1S/C22H28N2O2/c25-20-9-18(14-24(20)19-4-2-1-3-5-19)13-23-21(26)22-10-15-6-16(11-22)8-17(7-15)12-22/h1-5,15-18H,6-14H2,(H,23,26). The molecule has 5 fully saturated rings. The molecule has 0 aromatic heterocycles. The Morgan fingerprint density at radius 3 is 2.27 bits per heavy atom. The predicted octanol–water partition coefficient (Wildman–Crippen LogP) is 3.37. The van der Waals surface area contributed by atoms with Crippen LogP contribution in [-0.4, -0.2) is 24.9 Å². The molecule has 4 aliphatic carbocycles. The molecule has 0 spiro atoms. The average Bonchev–Trinajstić information content (AvgIpc) is 3.00. The zero-order chi connectivity index (χ0) is 17.7. The fourth-order valence-electron chi connectivity index (χ4n) is 6.59. The summed E-state index contributed by atoms with van der Waals surface area (Å²) in [6, 6.07) is 9.85. The second-order valence-electron chi connectivity index (χ2n) is 9.32. The number of hydrogen-bond donors (Lipinski definition) is 1.